The molecule has 17 heavy (non-hydrogen) atoms. The maximum atomic E-state index is 5.33. The van der Waals surface area contributed by atoms with Crippen molar-refractivity contribution >= 4 is 23.5 Å². The van der Waals surface area contributed by atoms with Crippen molar-refractivity contribution in [1.29, 1.82) is 0 Å². The number of thioether (sulfide) groups is 2. The van der Waals surface area contributed by atoms with Crippen molar-refractivity contribution in [3.63, 3.8) is 0 Å². The zero-order valence-electron chi connectivity index (χ0n) is 10.1. The van der Waals surface area contributed by atoms with Crippen LogP contribution in [0.25, 0.3) is 0 Å². The Morgan fingerprint density at radius 2 is 2.06 bits per heavy atom. The number of aryl methyl sites for hydroxylation is 1. The molecule has 92 valence electrons. The number of hydrogen-bond acceptors (Lipinski definition) is 3. The third kappa shape index (κ3) is 2.32. The lowest BCUT2D eigenvalue weighted by atomic mass is 9.83. The van der Waals surface area contributed by atoms with Gasteiger partial charge in [-0.3, -0.25) is 0 Å². The van der Waals surface area contributed by atoms with Crippen LogP contribution in [0.15, 0.2) is 18.2 Å². The van der Waals surface area contributed by atoms with Crippen molar-refractivity contribution in [2.24, 2.45) is 0 Å². The highest BCUT2D eigenvalue weighted by molar-refractivity contribution is 8.20. The average molecular weight is 266 g/mol. The summed E-state index contributed by atoms with van der Waals surface area (Å²) >= 11 is 4.31. The second kappa shape index (κ2) is 5.15. The monoisotopic (exact) mass is 266 g/mol. The van der Waals surface area contributed by atoms with Crippen molar-refractivity contribution in [3.05, 3.63) is 29.3 Å². The number of rotatable bonds is 2. The normalized spacial score (nSPS) is 24.6. The summed E-state index contributed by atoms with van der Waals surface area (Å²) in [6.45, 7) is 0. The fraction of sp³-hybridized carbons (Fsp3) is 0.571. The molecule has 0 bridgehead atoms. The summed E-state index contributed by atoms with van der Waals surface area (Å²) < 4.78 is 6.12. The lowest BCUT2D eigenvalue weighted by Gasteiger charge is -2.29. The van der Waals surface area contributed by atoms with Crippen LogP contribution in [0.3, 0.4) is 0 Å². The second-order valence-electron chi connectivity index (χ2n) is 4.67. The summed E-state index contributed by atoms with van der Waals surface area (Å²) in [6.07, 6.45) is 3.93. The van der Waals surface area contributed by atoms with Crippen molar-refractivity contribution in [2.45, 2.75) is 29.8 Å². The van der Waals surface area contributed by atoms with Crippen molar-refractivity contribution in [2.75, 3.05) is 18.6 Å². The predicted molar refractivity (Wildman–Crippen MR) is 77.4 cm³/mol. The molecule has 3 rings (SSSR count). The Morgan fingerprint density at radius 1 is 1.24 bits per heavy atom. The van der Waals surface area contributed by atoms with Crippen LogP contribution in [0.4, 0.5) is 0 Å². The summed E-state index contributed by atoms with van der Waals surface area (Å²) in [7, 11) is 1.75. The molecule has 0 amide bonds. The standard InChI is InChI=1S/C14H18OS2/c1-15-11-5-6-12-10(9-11)3-2-4-13(12)14-16-7-8-17-14/h5-6,9,13-14H,2-4,7-8H2,1H3. The van der Waals surface area contributed by atoms with E-state index in [0.29, 0.717) is 0 Å². The molecular formula is C14H18OS2. The van der Waals surface area contributed by atoms with Gasteiger partial charge < -0.3 is 4.74 Å². The van der Waals surface area contributed by atoms with Gasteiger partial charge in [-0.25, -0.2) is 0 Å². The molecule has 0 saturated carbocycles. The molecule has 1 aliphatic carbocycles. The van der Waals surface area contributed by atoms with Crippen LogP contribution in [-0.4, -0.2) is 23.2 Å². The minimum Gasteiger partial charge on any atom is -0.497 e. The van der Waals surface area contributed by atoms with Gasteiger partial charge in [-0.2, -0.15) is 0 Å². The van der Waals surface area contributed by atoms with E-state index in [1.807, 2.05) is 0 Å². The quantitative estimate of drug-likeness (QED) is 0.803. The Balaban J connectivity index is 1.90. The van der Waals surface area contributed by atoms with Gasteiger partial charge in [0, 0.05) is 17.4 Å². The first kappa shape index (κ1) is 11.8. The zero-order valence-corrected chi connectivity index (χ0v) is 11.8. The summed E-state index contributed by atoms with van der Waals surface area (Å²) in [5.74, 6) is 4.44. The van der Waals surface area contributed by atoms with Gasteiger partial charge in [-0.15, -0.1) is 23.5 Å². The van der Waals surface area contributed by atoms with Crippen LogP contribution in [0.1, 0.15) is 29.9 Å². The van der Waals surface area contributed by atoms with E-state index in [1.165, 1.54) is 36.3 Å². The lowest BCUT2D eigenvalue weighted by Crippen LogP contribution is -2.17. The highest BCUT2D eigenvalue weighted by atomic mass is 32.2. The molecule has 2 aliphatic rings. The van der Waals surface area contributed by atoms with Gasteiger partial charge >= 0.3 is 0 Å². The topological polar surface area (TPSA) is 9.23 Å². The second-order valence-corrected chi connectivity index (χ2v) is 7.47. The molecule has 1 aromatic rings. The molecule has 0 aromatic heterocycles. The van der Waals surface area contributed by atoms with Crippen molar-refractivity contribution < 1.29 is 4.74 Å². The smallest absolute Gasteiger partial charge is 0.119 e. The number of ether oxygens (including phenoxy) is 1. The molecular weight excluding hydrogens is 248 g/mol. The van der Waals surface area contributed by atoms with Gasteiger partial charge in [0.2, 0.25) is 0 Å². The zero-order chi connectivity index (χ0) is 11.7. The predicted octanol–water partition coefficient (Wildman–Crippen LogP) is 3.92. The first-order valence-corrected chi connectivity index (χ1v) is 8.38. The van der Waals surface area contributed by atoms with Crippen LogP contribution in [0, 0.1) is 0 Å². The largest absolute Gasteiger partial charge is 0.497 e. The van der Waals surface area contributed by atoms with E-state index >= 15 is 0 Å². The van der Waals surface area contributed by atoms with E-state index < -0.39 is 0 Å². The molecule has 0 radical (unpaired) electrons. The van der Waals surface area contributed by atoms with E-state index in [9.17, 15) is 0 Å². The summed E-state index contributed by atoms with van der Waals surface area (Å²) in [6, 6.07) is 6.67. The minimum absolute atomic E-state index is 0.766. The maximum absolute atomic E-state index is 5.33. The molecule has 1 fully saturated rings. The Morgan fingerprint density at radius 3 is 2.82 bits per heavy atom. The van der Waals surface area contributed by atoms with E-state index in [-0.39, 0.29) is 0 Å². The maximum Gasteiger partial charge on any atom is 0.119 e. The third-order valence-corrected chi connectivity index (χ3v) is 6.96. The van der Waals surface area contributed by atoms with Gasteiger partial charge in [-0.1, -0.05) is 6.07 Å². The number of methoxy groups -OCH3 is 1. The summed E-state index contributed by atoms with van der Waals surface area (Å²) in [5, 5.41) is 0. The molecule has 1 saturated heterocycles. The van der Waals surface area contributed by atoms with Crippen LogP contribution >= 0.6 is 23.5 Å². The van der Waals surface area contributed by atoms with Gasteiger partial charge in [-0.05, 0) is 42.5 Å². The van der Waals surface area contributed by atoms with E-state index in [4.69, 9.17) is 4.74 Å². The molecule has 1 atom stereocenters. The Labute approximate surface area is 112 Å². The third-order valence-electron chi connectivity index (χ3n) is 3.69. The number of hydrogen-bond donors (Lipinski definition) is 0. The Hall–Kier alpha value is -0.280. The molecule has 1 aromatic carbocycles. The van der Waals surface area contributed by atoms with Gasteiger partial charge in [0.05, 0.1) is 11.7 Å². The number of benzene rings is 1. The molecule has 1 nitrogen and oxygen atoms in total. The molecule has 0 spiro atoms. The minimum atomic E-state index is 0.766. The SMILES string of the molecule is COc1ccc2c(c1)CCCC2C1SCCS1. The van der Waals surface area contributed by atoms with Gasteiger partial charge in [0.15, 0.2) is 0 Å². The highest BCUT2D eigenvalue weighted by Crippen LogP contribution is 2.47. The fourth-order valence-corrected chi connectivity index (χ4v) is 6.07. The molecule has 1 heterocycles. The van der Waals surface area contributed by atoms with E-state index in [2.05, 4.69) is 41.7 Å². The van der Waals surface area contributed by atoms with Gasteiger partial charge in [0.25, 0.3) is 0 Å². The van der Waals surface area contributed by atoms with Crippen molar-refractivity contribution in [3.8, 4) is 5.75 Å². The average Bonchev–Trinajstić information content (AvgIpc) is 2.91. The van der Waals surface area contributed by atoms with E-state index in [1.54, 1.807) is 12.7 Å². The van der Waals surface area contributed by atoms with Crippen molar-refractivity contribution in [1.82, 2.24) is 0 Å². The van der Waals surface area contributed by atoms with Crippen LogP contribution in [-0.2, 0) is 6.42 Å². The van der Waals surface area contributed by atoms with Gasteiger partial charge in [0.1, 0.15) is 5.75 Å². The molecule has 1 unspecified atom stereocenters. The van der Waals surface area contributed by atoms with Crippen LogP contribution in [0.5, 0.6) is 5.75 Å². The van der Waals surface area contributed by atoms with E-state index in [0.717, 1.165) is 16.2 Å². The molecule has 3 heteroatoms. The fourth-order valence-electron chi connectivity index (χ4n) is 2.85. The number of fused-ring (bicyclic) bond motifs is 1. The molecule has 0 N–H and O–H groups in total. The highest BCUT2D eigenvalue weighted by Gasteiger charge is 2.31. The van der Waals surface area contributed by atoms with Crippen LogP contribution < -0.4 is 4.74 Å². The summed E-state index contributed by atoms with van der Waals surface area (Å²) in [4.78, 5) is 0. The first-order chi connectivity index (χ1) is 8.38. The summed E-state index contributed by atoms with van der Waals surface area (Å²) in [5.41, 5.74) is 3.11. The Bertz CT molecular complexity index is 399. The van der Waals surface area contributed by atoms with Crippen LogP contribution in [0.2, 0.25) is 0 Å². The lowest BCUT2D eigenvalue weighted by molar-refractivity contribution is 0.413. The first-order valence-electron chi connectivity index (χ1n) is 6.28. The Kier molecular flexibility index (Phi) is 3.57. The molecule has 1 aliphatic heterocycles.